The van der Waals surface area contributed by atoms with Gasteiger partial charge >= 0.3 is 0 Å². The molecule has 160 valence electrons. The van der Waals surface area contributed by atoms with E-state index in [2.05, 4.69) is 15.0 Å². The van der Waals surface area contributed by atoms with Crippen molar-refractivity contribution < 1.29 is 26.0 Å². The summed E-state index contributed by atoms with van der Waals surface area (Å²) in [5.74, 6) is -0.294. The van der Waals surface area contributed by atoms with Crippen molar-refractivity contribution in [1.29, 1.82) is 0 Å². The van der Waals surface area contributed by atoms with Crippen LogP contribution in [0.3, 0.4) is 0 Å². The molecule has 2 aromatic heterocycles. The third kappa shape index (κ3) is 4.60. The first-order valence-electron chi connectivity index (χ1n) is 8.70. The first kappa shape index (κ1) is 21.0. The summed E-state index contributed by atoms with van der Waals surface area (Å²) in [6, 6.07) is 12.8. The van der Waals surface area contributed by atoms with E-state index in [0.717, 1.165) is 6.26 Å². The van der Waals surface area contributed by atoms with E-state index in [0.29, 0.717) is 21.0 Å². The number of amides is 1. The van der Waals surface area contributed by atoms with Crippen molar-refractivity contribution in [2.24, 2.45) is 0 Å². The third-order valence-electron chi connectivity index (χ3n) is 4.17. The molecule has 9 nitrogen and oxygen atoms in total. The number of fused-ring (bicyclic) bond motifs is 1. The Labute approximate surface area is 181 Å². The zero-order chi connectivity index (χ0) is 22.2. The van der Waals surface area contributed by atoms with E-state index in [-0.39, 0.29) is 15.6 Å². The van der Waals surface area contributed by atoms with E-state index >= 15 is 0 Å². The number of furan rings is 1. The maximum absolute atomic E-state index is 12.6. The van der Waals surface area contributed by atoms with Gasteiger partial charge in [0.1, 0.15) is 0 Å². The van der Waals surface area contributed by atoms with Crippen LogP contribution < -0.4 is 10.0 Å². The number of aromatic nitrogens is 1. The van der Waals surface area contributed by atoms with Gasteiger partial charge in [-0.05, 0) is 54.6 Å². The number of carbonyl (C=O) groups excluding carboxylic acids is 1. The second-order valence-corrected chi connectivity index (χ2v) is 11.2. The Hall–Kier alpha value is -3.22. The lowest BCUT2D eigenvalue weighted by molar-refractivity contribution is 0.0996. The fraction of sp³-hybridized carbons (Fsp3) is 0.0526. The van der Waals surface area contributed by atoms with Crippen molar-refractivity contribution in [3.05, 3.63) is 66.6 Å². The molecule has 0 unspecified atom stereocenters. The van der Waals surface area contributed by atoms with Crippen LogP contribution in [0.1, 0.15) is 10.6 Å². The van der Waals surface area contributed by atoms with Gasteiger partial charge in [0.15, 0.2) is 20.7 Å². The maximum Gasteiger partial charge on any atom is 0.293 e. The van der Waals surface area contributed by atoms with Gasteiger partial charge in [0, 0.05) is 6.26 Å². The molecule has 0 fully saturated rings. The summed E-state index contributed by atoms with van der Waals surface area (Å²) in [6.45, 7) is 0. The maximum atomic E-state index is 12.6. The van der Waals surface area contributed by atoms with Crippen LogP contribution in [0.5, 0.6) is 0 Å². The summed E-state index contributed by atoms with van der Waals surface area (Å²) in [5.41, 5.74) is 0.882. The van der Waals surface area contributed by atoms with Crippen LogP contribution in [0.4, 0.5) is 10.8 Å². The first-order chi connectivity index (χ1) is 14.6. The smallest absolute Gasteiger partial charge is 0.293 e. The molecule has 0 aliphatic rings. The molecule has 31 heavy (non-hydrogen) atoms. The molecule has 12 heteroatoms. The molecule has 0 saturated carbocycles. The lowest BCUT2D eigenvalue weighted by atomic mass is 10.3. The number of sulfonamides is 1. The Balaban J connectivity index is 1.55. The molecule has 0 saturated heterocycles. The molecular weight excluding hydrogens is 462 g/mol. The third-order valence-corrected chi connectivity index (χ3v) is 7.63. The second-order valence-electron chi connectivity index (χ2n) is 6.48. The molecule has 0 radical (unpaired) electrons. The quantitative estimate of drug-likeness (QED) is 0.435. The molecule has 0 atom stereocenters. The number of hydrogen-bond acceptors (Lipinski definition) is 8. The molecule has 0 bridgehead atoms. The van der Waals surface area contributed by atoms with E-state index in [1.165, 1.54) is 47.9 Å². The van der Waals surface area contributed by atoms with Crippen molar-refractivity contribution in [3.8, 4) is 0 Å². The van der Waals surface area contributed by atoms with Gasteiger partial charge in [-0.15, -0.1) is 0 Å². The number of anilines is 2. The number of thiazole rings is 1. The van der Waals surface area contributed by atoms with Gasteiger partial charge in [0.2, 0.25) is 0 Å². The Bertz CT molecular complexity index is 1470. The lowest BCUT2D eigenvalue weighted by Crippen LogP contribution is -2.13. The molecule has 4 rings (SSSR count). The molecule has 2 heterocycles. The Kier molecular flexibility index (Phi) is 5.29. The molecule has 0 aliphatic heterocycles. The van der Waals surface area contributed by atoms with Gasteiger partial charge < -0.3 is 4.42 Å². The Morgan fingerprint density at radius 3 is 2.35 bits per heavy atom. The fourth-order valence-electron chi connectivity index (χ4n) is 2.69. The van der Waals surface area contributed by atoms with Crippen LogP contribution in [0, 0.1) is 0 Å². The van der Waals surface area contributed by atoms with Crippen molar-refractivity contribution in [2.45, 2.75) is 9.79 Å². The van der Waals surface area contributed by atoms with Gasteiger partial charge in [-0.25, -0.2) is 21.8 Å². The zero-order valence-corrected chi connectivity index (χ0v) is 18.3. The van der Waals surface area contributed by atoms with Crippen LogP contribution in [0.15, 0.2) is 75.1 Å². The predicted octanol–water partition coefficient (Wildman–Crippen LogP) is 3.35. The highest BCUT2D eigenvalue weighted by Crippen LogP contribution is 2.29. The minimum atomic E-state index is -3.93. The number of benzene rings is 2. The summed E-state index contributed by atoms with van der Waals surface area (Å²) in [6.07, 6.45) is 2.44. The normalized spacial score (nSPS) is 12.0. The number of nitrogens with one attached hydrogen (secondary N) is 2. The van der Waals surface area contributed by atoms with Crippen LogP contribution in [-0.2, 0) is 19.9 Å². The van der Waals surface area contributed by atoms with Gasteiger partial charge in [-0.1, -0.05) is 11.3 Å². The number of sulfone groups is 1. The van der Waals surface area contributed by atoms with Gasteiger partial charge in [-0.3, -0.25) is 14.8 Å². The van der Waals surface area contributed by atoms with Crippen LogP contribution in [-0.4, -0.2) is 34.0 Å². The van der Waals surface area contributed by atoms with Crippen LogP contribution in [0.25, 0.3) is 10.2 Å². The van der Waals surface area contributed by atoms with Gasteiger partial charge in [-0.2, -0.15) is 0 Å². The molecular formula is C19H15N3O6S3. The fourth-order valence-corrected chi connectivity index (χ4v) is 5.27. The highest BCUT2D eigenvalue weighted by atomic mass is 32.2. The van der Waals surface area contributed by atoms with E-state index in [4.69, 9.17) is 4.42 Å². The Morgan fingerprint density at radius 2 is 1.71 bits per heavy atom. The molecule has 0 aliphatic carbocycles. The number of rotatable bonds is 6. The standard InChI is InChI=1S/C19H15N3O6S3/c1-30(24,25)13-5-7-14(8-6-13)31(26,27)22-12-4-9-15-17(11-12)29-19(20-15)21-18(23)16-3-2-10-28-16/h2-11,22H,1H3,(H,20,21,23). The van der Waals surface area contributed by atoms with E-state index in [1.54, 1.807) is 24.3 Å². The minimum Gasteiger partial charge on any atom is -0.459 e. The van der Waals surface area contributed by atoms with E-state index in [9.17, 15) is 21.6 Å². The number of hydrogen-bond donors (Lipinski definition) is 2. The molecule has 2 N–H and O–H groups in total. The van der Waals surface area contributed by atoms with Crippen molar-refractivity contribution in [2.75, 3.05) is 16.3 Å². The van der Waals surface area contributed by atoms with Gasteiger partial charge in [0.25, 0.3) is 15.9 Å². The average Bonchev–Trinajstić information content (AvgIpc) is 3.36. The van der Waals surface area contributed by atoms with Gasteiger partial charge in [0.05, 0.1) is 32.0 Å². The summed E-state index contributed by atoms with van der Waals surface area (Å²) in [7, 11) is -7.35. The molecule has 4 aromatic rings. The minimum absolute atomic E-state index is 0.0293. The molecule has 1 amide bonds. The predicted molar refractivity (Wildman–Crippen MR) is 117 cm³/mol. The number of nitrogens with zero attached hydrogens (tertiary/aromatic N) is 1. The molecule has 0 spiro atoms. The topological polar surface area (TPSA) is 135 Å². The largest absolute Gasteiger partial charge is 0.459 e. The van der Waals surface area contributed by atoms with E-state index in [1.807, 2.05) is 0 Å². The summed E-state index contributed by atoms with van der Waals surface area (Å²) in [5, 5.41) is 2.97. The number of carbonyl (C=O) groups is 1. The van der Waals surface area contributed by atoms with Crippen molar-refractivity contribution >= 4 is 58.1 Å². The molecule has 2 aromatic carbocycles. The second kappa shape index (κ2) is 7.80. The van der Waals surface area contributed by atoms with Crippen LogP contribution in [0.2, 0.25) is 0 Å². The van der Waals surface area contributed by atoms with Crippen LogP contribution >= 0.6 is 11.3 Å². The monoisotopic (exact) mass is 477 g/mol. The lowest BCUT2D eigenvalue weighted by Gasteiger charge is -2.08. The SMILES string of the molecule is CS(=O)(=O)c1ccc(S(=O)(=O)Nc2ccc3nc(NC(=O)c4ccco4)sc3c2)cc1. The Morgan fingerprint density at radius 1 is 1.00 bits per heavy atom. The summed E-state index contributed by atoms with van der Waals surface area (Å²) in [4.78, 5) is 16.3. The highest BCUT2D eigenvalue weighted by molar-refractivity contribution is 7.92. The van der Waals surface area contributed by atoms with Crippen molar-refractivity contribution in [3.63, 3.8) is 0 Å². The van der Waals surface area contributed by atoms with E-state index < -0.39 is 25.8 Å². The van der Waals surface area contributed by atoms with Crippen molar-refractivity contribution in [1.82, 2.24) is 4.98 Å². The summed E-state index contributed by atoms with van der Waals surface area (Å²) >= 11 is 1.18. The summed E-state index contributed by atoms with van der Waals surface area (Å²) < 4.78 is 56.5. The average molecular weight is 478 g/mol. The first-order valence-corrected chi connectivity index (χ1v) is 12.9. The highest BCUT2D eigenvalue weighted by Gasteiger charge is 2.17. The zero-order valence-electron chi connectivity index (χ0n) is 15.9.